The Hall–Kier alpha value is -2.22. The third kappa shape index (κ3) is 5.17. The summed E-state index contributed by atoms with van der Waals surface area (Å²) in [7, 11) is -1.39. The Bertz CT molecular complexity index is 742. The monoisotopic (exact) mass is 325 g/mol. The van der Waals surface area contributed by atoms with E-state index in [9.17, 15) is 9.00 Å². The minimum atomic E-state index is -1.39. The minimum Gasteiger partial charge on any atom is -0.285 e. The Morgan fingerprint density at radius 1 is 1.13 bits per heavy atom. The first-order valence-corrected chi connectivity index (χ1v) is 8.50. The normalized spacial score (nSPS) is 12.8. The summed E-state index contributed by atoms with van der Waals surface area (Å²) in [6.07, 6.45) is 0.183. The van der Waals surface area contributed by atoms with Crippen molar-refractivity contribution in [1.29, 1.82) is 0 Å². The first-order chi connectivity index (χ1) is 11.1. The van der Waals surface area contributed by atoms with Crippen LogP contribution < -0.4 is 4.72 Å². The second kappa shape index (κ2) is 8.42. The maximum atomic E-state index is 12.5. The molecule has 0 aliphatic heterocycles. The molecular formula is C19H19NO2S. The zero-order valence-electron chi connectivity index (χ0n) is 13.2. The summed E-state index contributed by atoms with van der Waals surface area (Å²) in [6.45, 7) is 3.61. The SMILES string of the molecule is CC#CC(=O)C[C@@H](NS(=O)c1ccc(C)cc1)c1ccccc1. The first-order valence-electron chi connectivity index (χ1n) is 7.35. The molecule has 1 N–H and O–H groups in total. The van der Waals surface area contributed by atoms with Crippen LogP contribution >= 0.6 is 0 Å². The van der Waals surface area contributed by atoms with E-state index in [2.05, 4.69) is 16.6 Å². The van der Waals surface area contributed by atoms with Gasteiger partial charge in [-0.15, -0.1) is 0 Å². The summed E-state index contributed by atoms with van der Waals surface area (Å²) in [5, 5.41) is 0. The number of aryl methyl sites for hydroxylation is 1. The molecule has 2 rings (SSSR count). The van der Waals surface area contributed by atoms with Crippen LogP contribution in [0.4, 0.5) is 0 Å². The summed E-state index contributed by atoms with van der Waals surface area (Å²) >= 11 is 0. The average molecular weight is 325 g/mol. The molecule has 0 spiro atoms. The molecule has 3 nitrogen and oxygen atoms in total. The largest absolute Gasteiger partial charge is 0.285 e. The highest BCUT2D eigenvalue weighted by Gasteiger charge is 2.18. The van der Waals surface area contributed by atoms with Gasteiger partial charge < -0.3 is 0 Å². The van der Waals surface area contributed by atoms with Crippen LogP contribution in [-0.2, 0) is 15.8 Å². The Balaban J connectivity index is 2.19. The molecule has 2 atom stereocenters. The first kappa shape index (κ1) is 17.1. The number of benzene rings is 2. The zero-order chi connectivity index (χ0) is 16.7. The van der Waals surface area contributed by atoms with Crippen LogP contribution in [0.2, 0.25) is 0 Å². The number of nitrogens with one attached hydrogen (secondary N) is 1. The maximum absolute atomic E-state index is 12.5. The van der Waals surface area contributed by atoms with E-state index in [4.69, 9.17) is 0 Å². The van der Waals surface area contributed by atoms with Crippen molar-refractivity contribution in [2.75, 3.05) is 0 Å². The highest BCUT2D eigenvalue weighted by Crippen LogP contribution is 2.19. The highest BCUT2D eigenvalue weighted by molar-refractivity contribution is 7.83. The quantitative estimate of drug-likeness (QED) is 0.654. The number of carbonyl (C=O) groups is 1. The molecule has 1 unspecified atom stereocenters. The average Bonchev–Trinajstić information content (AvgIpc) is 2.56. The second-order valence-electron chi connectivity index (χ2n) is 5.17. The Kier molecular flexibility index (Phi) is 6.28. The lowest BCUT2D eigenvalue weighted by molar-refractivity contribution is -0.114. The van der Waals surface area contributed by atoms with Crippen molar-refractivity contribution in [1.82, 2.24) is 4.72 Å². The zero-order valence-corrected chi connectivity index (χ0v) is 14.0. The van der Waals surface area contributed by atoms with E-state index in [1.165, 1.54) is 0 Å². The summed E-state index contributed by atoms with van der Waals surface area (Å²) in [5.41, 5.74) is 2.03. The highest BCUT2D eigenvalue weighted by atomic mass is 32.2. The summed E-state index contributed by atoms with van der Waals surface area (Å²) in [6, 6.07) is 16.7. The molecule has 0 amide bonds. The second-order valence-corrected chi connectivity index (χ2v) is 6.41. The Morgan fingerprint density at radius 2 is 1.78 bits per heavy atom. The predicted octanol–water partition coefficient (Wildman–Crippen LogP) is 3.33. The standard InChI is InChI=1S/C19H19NO2S/c1-3-7-17(21)14-19(16-8-5-4-6-9-16)20-23(22)18-12-10-15(2)11-13-18/h4-6,8-13,19-20H,14H2,1-2H3/t19-,23?/m1/s1. The van der Waals surface area contributed by atoms with Crippen LogP contribution in [0, 0.1) is 18.8 Å². The fraction of sp³-hybridized carbons (Fsp3) is 0.211. The van der Waals surface area contributed by atoms with E-state index in [0.29, 0.717) is 4.90 Å². The molecule has 0 aliphatic rings. The molecule has 0 aromatic heterocycles. The van der Waals surface area contributed by atoms with Crippen molar-refractivity contribution >= 4 is 16.8 Å². The summed E-state index contributed by atoms with van der Waals surface area (Å²) in [4.78, 5) is 12.6. The van der Waals surface area contributed by atoms with Crippen molar-refractivity contribution in [2.45, 2.75) is 31.2 Å². The van der Waals surface area contributed by atoms with Crippen molar-refractivity contribution < 1.29 is 9.00 Å². The Morgan fingerprint density at radius 3 is 2.39 bits per heavy atom. The van der Waals surface area contributed by atoms with Gasteiger partial charge in [-0.05, 0) is 37.5 Å². The van der Waals surface area contributed by atoms with Crippen molar-refractivity contribution in [3.63, 3.8) is 0 Å². The molecule has 0 saturated carbocycles. The van der Waals surface area contributed by atoms with Gasteiger partial charge in [0.2, 0.25) is 5.78 Å². The van der Waals surface area contributed by atoms with E-state index >= 15 is 0 Å². The fourth-order valence-electron chi connectivity index (χ4n) is 2.15. The van der Waals surface area contributed by atoms with Gasteiger partial charge in [0, 0.05) is 6.42 Å². The van der Waals surface area contributed by atoms with Gasteiger partial charge in [0.1, 0.15) is 11.0 Å². The third-order valence-corrected chi connectivity index (χ3v) is 4.54. The van der Waals surface area contributed by atoms with E-state index in [1.54, 1.807) is 6.92 Å². The number of ketones is 1. The van der Waals surface area contributed by atoms with Crippen LogP contribution in [0.5, 0.6) is 0 Å². The smallest absolute Gasteiger partial charge is 0.207 e. The van der Waals surface area contributed by atoms with Gasteiger partial charge in [-0.2, -0.15) is 0 Å². The lowest BCUT2D eigenvalue weighted by Crippen LogP contribution is -2.25. The molecular weight excluding hydrogens is 306 g/mol. The van der Waals surface area contributed by atoms with Crippen LogP contribution in [0.1, 0.15) is 30.5 Å². The van der Waals surface area contributed by atoms with E-state index < -0.39 is 11.0 Å². The molecule has 0 aliphatic carbocycles. The van der Waals surface area contributed by atoms with E-state index in [0.717, 1.165) is 11.1 Å². The van der Waals surface area contributed by atoms with Crippen molar-refractivity contribution in [3.8, 4) is 11.8 Å². The molecule has 0 bridgehead atoms. The van der Waals surface area contributed by atoms with Gasteiger partial charge >= 0.3 is 0 Å². The lowest BCUT2D eigenvalue weighted by atomic mass is 10.0. The summed E-state index contributed by atoms with van der Waals surface area (Å²) in [5.74, 6) is 4.98. The number of hydrogen-bond donors (Lipinski definition) is 1. The molecule has 2 aromatic carbocycles. The predicted molar refractivity (Wildman–Crippen MR) is 93.0 cm³/mol. The number of hydrogen-bond acceptors (Lipinski definition) is 2. The van der Waals surface area contributed by atoms with Gasteiger partial charge in [0.05, 0.1) is 10.9 Å². The number of rotatable bonds is 6. The molecule has 2 aromatic rings. The molecule has 0 fully saturated rings. The number of Topliss-reactive ketones (excluding diaryl/α,β-unsaturated/α-hetero) is 1. The van der Waals surface area contributed by atoms with Gasteiger partial charge in [-0.3, -0.25) is 4.79 Å². The van der Waals surface area contributed by atoms with Crippen molar-refractivity contribution in [3.05, 3.63) is 65.7 Å². The van der Waals surface area contributed by atoms with Crippen LogP contribution in [-0.4, -0.2) is 9.99 Å². The van der Waals surface area contributed by atoms with Crippen LogP contribution in [0.25, 0.3) is 0 Å². The maximum Gasteiger partial charge on any atom is 0.207 e. The molecule has 0 saturated heterocycles. The molecule has 4 heteroatoms. The molecule has 23 heavy (non-hydrogen) atoms. The molecule has 0 radical (unpaired) electrons. The van der Waals surface area contributed by atoms with Gasteiger partial charge in [0.25, 0.3) is 0 Å². The van der Waals surface area contributed by atoms with Crippen LogP contribution in [0.15, 0.2) is 59.5 Å². The number of carbonyl (C=O) groups excluding carboxylic acids is 1. The van der Waals surface area contributed by atoms with Crippen molar-refractivity contribution in [2.24, 2.45) is 0 Å². The lowest BCUT2D eigenvalue weighted by Gasteiger charge is -2.17. The summed E-state index contributed by atoms with van der Waals surface area (Å²) < 4.78 is 15.6. The minimum absolute atomic E-state index is 0.172. The fourth-order valence-corrected chi connectivity index (χ4v) is 3.15. The molecule has 0 heterocycles. The van der Waals surface area contributed by atoms with Crippen LogP contribution in [0.3, 0.4) is 0 Å². The van der Waals surface area contributed by atoms with Gasteiger partial charge in [0.15, 0.2) is 0 Å². The third-order valence-electron chi connectivity index (χ3n) is 3.34. The van der Waals surface area contributed by atoms with Gasteiger partial charge in [-0.1, -0.05) is 53.9 Å². The topological polar surface area (TPSA) is 46.2 Å². The molecule has 118 valence electrons. The van der Waals surface area contributed by atoms with E-state index in [1.807, 2.05) is 61.5 Å². The van der Waals surface area contributed by atoms with E-state index in [-0.39, 0.29) is 18.2 Å². The Labute approximate surface area is 139 Å². The van der Waals surface area contributed by atoms with Gasteiger partial charge in [-0.25, -0.2) is 8.93 Å².